The molecule has 9 heteroatoms. The number of rotatable bonds is 5. The molecule has 1 aliphatic heterocycles. The number of hydrogen-bond acceptors (Lipinski definition) is 4. The Hall–Kier alpha value is -3.85. The summed E-state index contributed by atoms with van der Waals surface area (Å²) in [5.41, 5.74) is 2.71. The van der Waals surface area contributed by atoms with E-state index in [2.05, 4.69) is 16.6 Å². The Morgan fingerprint density at radius 2 is 1.80 bits per heavy atom. The molecule has 6 nitrogen and oxygen atoms in total. The lowest BCUT2D eigenvalue weighted by atomic mass is 10.0. The quantitative estimate of drug-likeness (QED) is 0.415. The van der Waals surface area contributed by atoms with Crippen molar-refractivity contribution in [2.45, 2.75) is 12.7 Å². The van der Waals surface area contributed by atoms with Gasteiger partial charge in [-0.25, -0.2) is 0 Å². The molecular weight excluding hydrogens is 457 g/mol. The predicted octanol–water partition coefficient (Wildman–Crippen LogP) is 4.72. The van der Waals surface area contributed by atoms with Crippen LogP contribution in [0.25, 0.3) is 27.7 Å². The highest BCUT2D eigenvalue weighted by Crippen LogP contribution is 2.30. The molecule has 0 spiro atoms. The number of halogens is 3. The van der Waals surface area contributed by atoms with E-state index in [1.54, 1.807) is 18.5 Å². The third kappa shape index (κ3) is 4.72. The van der Waals surface area contributed by atoms with Gasteiger partial charge in [-0.1, -0.05) is 18.7 Å². The van der Waals surface area contributed by atoms with E-state index < -0.39 is 11.7 Å². The van der Waals surface area contributed by atoms with Crippen molar-refractivity contribution >= 4 is 10.9 Å². The maximum Gasteiger partial charge on any atom is 0.416 e. The first-order valence-corrected chi connectivity index (χ1v) is 11.2. The fourth-order valence-corrected chi connectivity index (χ4v) is 4.23. The van der Waals surface area contributed by atoms with Crippen molar-refractivity contribution in [2.24, 2.45) is 0 Å². The van der Waals surface area contributed by atoms with E-state index in [-0.39, 0.29) is 5.56 Å². The number of ether oxygens (including phenoxy) is 1. The third-order valence-corrected chi connectivity index (χ3v) is 6.17. The van der Waals surface area contributed by atoms with Crippen LogP contribution in [0.5, 0.6) is 0 Å². The molecule has 1 aliphatic rings. The SMILES string of the molecule is C=C1COCCN1CCn1ncc2cc(-n3ccc(-c4ccc(C(F)(F)F)cc4)cc3=O)ccc21. The number of benzene rings is 2. The highest BCUT2D eigenvalue weighted by Gasteiger charge is 2.30. The van der Waals surface area contributed by atoms with Gasteiger partial charge < -0.3 is 9.64 Å². The molecule has 5 rings (SSSR count). The number of alkyl halides is 3. The normalized spacial score (nSPS) is 14.6. The lowest BCUT2D eigenvalue weighted by molar-refractivity contribution is -0.137. The lowest BCUT2D eigenvalue weighted by Gasteiger charge is -2.30. The molecule has 180 valence electrons. The Bertz CT molecular complexity index is 1440. The molecule has 0 unspecified atom stereocenters. The standard InChI is InChI=1S/C26H23F3N4O2/c1-18-17-35-13-12-31(18)10-11-33-24-7-6-23(14-21(24)16-30-33)32-9-8-20(15-25(32)34)19-2-4-22(5-3-19)26(27,28)29/h2-9,14-16H,1,10-13,17H2. The van der Waals surface area contributed by atoms with E-state index in [0.717, 1.165) is 41.8 Å². The molecule has 0 bridgehead atoms. The van der Waals surface area contributed by atoms with Gasteiger partial charge in [-0.3, -0.25) is 14.0 Å². The minimum Gasteiger partial charge on any atom is -0.373 e. The van der Waals surface area contributed by atoms with Crippen molar-refractivity contribution in [2.75, 3.05) is 26.3 Å². The smallest absolute Gasteiger partial charge is 0.373 e. The van der Waals surface area contributed by atoms with E-state index in [4.69, 9.17) is 4.74 Å². The number of nitrogens with zero attached hydrogens (tertiary/aromatic N) is 4. The Labute approximate surface area is 199 Å². The second-order valence-electron chi connectivity index (χ2n) is 8.42. The van der Waals surface area contributed by atoms with Crippen molar-refractivity contribution in [3.63, 3.8) is 0 Å². The molecule has 2 aromatic carbocycles. The summed E-state index contributed by atoms with van der Waals surface area (Å²) in [6, 6.07) is 13.6. The second kappa shape index (κ2) is 9.07. The maximum atomic E-state index is 12.8. The van der Waals surface area contributed by atoms with Gasteiger partial charge in [0.15, 0.2) is 0 Å². The molecule has 4 aromatic rings. The molecule has 0 atom stereocenters. The predicted molar refractivity (Wildman–Crippen MR) is 127 cm³/mol. The minimum absolute atomic E-state index is 0.278. The van der Waals surface area contributed by atoms with Gasteiger partial charge >= 0.3 is 6.18 Å². The largest absolute Gasteiger partial charge is 0.416 e. The molecule has 0 radical (unpaired) electrons. The highest BCUT2D eigenvalue weighted by atomic mass is 19.4. The summed E-state index contributed by atoms with van der Waals surface area (Å²) in [7, 11) is 0. The van der Waals surface area contributed by atoms with E-state index in [0.29, 0.717) is 36.6 Å². The molecule has 0 aliphatic carbocycles. The molecule has 3 heterocycles. The van der Waals surface area contributed by atoms with Gasteiger partial charge in [0.25, 0.3) is 5.56 Å². The monoisotopic (exact) mass is 480 g/mol. The molecule has 2 aromatic heterocycles. The van der Waals surface area contributed by atoms with Crippen molar-refractivity contribution in [1.29, 1.82) is 0 Å². The summed E-state index contributed by atoms with van der Waals surface area (Å²) < 4.78 is 47.3. The van der Waals surface area contributed by atoms with Crippen LogP contribution in [0.4, 0.5) is 13.2 Å². The van der Waals surface area contributed by atoms with E-state index >= 15 is 0 Å². The van der Waals surface area contributed by atoms with Gasteiger partial charge in [-0.2, -0.15) is 18.3 Å². The average Bonchev–Trinajstić information content (AvgIpc) is 3.25. The van der Waals surface area contributed by atoms with Gasteiger partial charge in [0.05, 0.1) is 37.0 Å². The van der Waals surface area contributed by atoms with Crippen LogP contribution in [0.2, 0.25) is 0 Å². The topological polar surface area (TPSA) is 52.3 Å². The number of pyridine rings is 1. The molecule has 35 heavy (non-hydrogen) atoms. The minimum atomic E-state index is -4.40. The van der Waals surface area contributed by atoms with Crippen LogP contribution >= 0.6 is 0 Å². The summed E-state index contributed by atoms with van der Waals surface area (Å²) in [6.45, 7) is 7.58. The number of morpholine rings is 1. The summed E-state index contributed by atoms with van der Waals surface area (Å²) in [4.78, 5) is 15.0. The maximum absolute atomic E-state index is 12.8. The van der Waals surface area contributed by atoms with Crippen molar-refractivity contribution in [1.82, 2.24) is 19.2 Å². The van der Waals surface area contributed by atoms with Crippen molar-refractivity contribution in [3.8, 4) is 16.8 Å². The van der Waals surface area contributed by atoms with Crippen LogP contribution in [0.3, 0.4) is 0 Å². The van der Waals surface area contributed by atoms with Crippen LogP contribution in [0.15, 0.2) is 84.1 Å². The van der Waals surface area contributed by atoms with Gasteiger partial charge in [0.2, 0.25) is 0 Å². The molecule has 1 saturated heterocycles. The van der Waals surface area contributed by atoms with E-state index in [9.17, 15) is 18.0 Å². The fourth-order valence-electron chi connectivity index (χ4n) is 4.23. The Balaban J connectivity index is 1.35. The number of fused-ring (bicyclic) bond motifs is 1. The summed E-state index contributed by atoms with van der Waals surface area (Å²) in [5, 5.41) is 5.41. The molecular formula is C26H23F3N4O2. The van der Waals surface area contributed by atoms with Crippen molar-refractivity contribution < 1.29 is 17.9 Å². The summed E-state index contributed by atoms with van der Waals surface area (Å²) in [5.74, 6) is 0. The van der Waals surface area contributed by atoms with Gasteiger partial charge in [0, 0.05) is 42.1 Å². The van der Waals surface area contributed by atoms with Gasteiger partial charge in [-0.05, 0) is 47.5 Å². The average molecular weight is 480 g/mol. The Morgan fingerprint density at radius 3 is 2.51 bits per heavy atom. The first-order chi connectivity index (χ1) is 16.8. The first kappa shape index (κ1) is 22.9. The number of aromatic nitrogens is 3. The van der Waals surface area contributed by atoms with E-state index in [1.165, 1.54) is 22.8 Å². The summed E-state index contributed by atoms with van der Waals surface area (Å²) in [6.07, 6.45) is -0.995. The molecule has 0 N–H and O–H groups in total. The third-order valence-electron chi connectivity index (χ3n) is 6.17. The zero-order valence-corrected chi connectivity index (χ0v) is 18.8. The zero-order valence-electron chi connectivity index (χ0n) is 18.8. The Morgan fingerprint density at radius 1 is 1.00 bits per heavy atom. The van der Waals surface area contributed by atoms with E-state index in [1.807, 2.05) is 22.9 Å². The highest BCUT2D eigenvalue weighted by molar-refractivity contribution is 5.81. The molecule has 1 fully saturated rings. The van der Waals surface area contributed by atoms with Crippen molar-refractivity contribution in [3.05, 3.63) is 95.2 Å². The summed E-state index contributed by atoms with van der Waals surface area (Å²) >= 11 is 0. The van der Waals surface area contributed by atoms with Crippen LogP contribution < -0.4 is 5.56 Å². The van der Waals surface area contributed by atoms with Gasteiger partial charge in [-0.15, -0.1) is 0 Å². The van der Waals surface area contributed by atoms with Crippen LogP contribution in [-0.4, -0.2) is 45.6 Å². The Kier molecular flexibility index (Phi) is 5.94. The second-order valence-corrected chi connectivity index (χ2v) is 8.42. The zero-order chi connectivity index (χ0) is 24.6. The lowest BCUT2D eigenvalue weighted by Crippen LogP contribution is -2.36. The molecule has 0 saturated carbocycles. The number of hydrogen-bond donors (Lipinski definition) is 0. The van der Waals surface area contributed by atoms with Crippen LogP contribution in [-0.2, 0) is 17.5 Å². The molecule has 0 amide bonds. The fraction of sp³-hybridized carbons (Fsp3) is 0.231. The first-order valence-electron chi connectivity index (χ1n) is 11.2. The van der Waals surface area contributed by atoms with Gasteiger partial charge in [0.1, 0.15) is 0 Å². The van der Waals surface area contributed by atoms with Crippen LogP contribution in [0.1, 0.15) is 5.56 Å². The van der Waals surface area contributed by atoms with Crippen LogP contribution in [0, 0.1) is 0 Å².